The van der Waals surface area contributed by atoms with Crippen molar-refractivity contribution in [2.24, 2.45) is 0 Å². The molecule has 0 aliphatic heterocycles. The van der Waals surface area contributed by atoms with E-state index in [1.807, 2.05) is 0 Å². The molecule has 0 aromatic heterocycles. The molecule has 0 fully saturated rings. The van der Waals surface area contributed by atoms with Crippen LogP contribution in [0.5, 0.6) is 0 Å². The Morgan fingerprint density at radius 1 is 1.21 bits per heavy atom. The summed E-state index contributed by atoms with van der Waals surface area (Å²) in [6.07, 6.45) is 0. The van der Waals surface area contributed by atoms with E-state index in [1.54, 1.807) is 39.8 Å². The Hall–Kier alpha value is -0.940. The van der Waals surface area contributed by atoms with Gasteiger partial charge in [-0.3, -0.25) is 0 Å². The average Bonchev–Trinajstić information content (AvgIpc) is 2.31. The number of benzene rings is 1. The minimum absolute atomic E-state index is 0.129. The van der Waals surface area contributed by atoms with Gasteiger partial charge in [-0.1, -0.05) is 12.1 Å². The molecule has 0 aliphatic carbocycles. The third kappa shape index (κ3) is 4.58. The molecule has 1 aromatic rings. The molecule has 0 aliphatic rings. The van der Waals surface area contributed by atoms with Crippen molar-refractivity contribution < 1.29 is 12.8 Å². The molecule has 0 saturated carbocycles. The lowest BCUT2D eigenvalue weighted by molar-refractivity contribution is 0.582. The molecule has 0 amide bonds. The molecule has 0 unspecified atom stereocenters. The van der Waals surface area contributed by atoms with E-state index in [4.69, 9.17) is 0 Å². The predicted molar refractivity (Wildman–Crippen MR) is 76.5 cm³/mol. The highest BCUT2D eigenvalue weighted by molar-refractivity contribution is 7.92. The van der Waals surface area contributed by atoms with Gasteiger partial charge in [0, 0.05) is 13.1 Å². The average molecular weight is 287 g/mol. The topological polar surface area (TPSA) is 46.2 Å². The smallest absolute Gasteiger partial charge is 0.153 e. The molecule has 1 N–H and O–H groups in total. The van der Waals surface area contributed by atoms with Crippen LogP contribution in [0, 0.1) is 19.7 Å². The molecular formula is C14H22FNO2S. The van der Waals surface area contributed by atoms with Crippen molar-refractivity contribution in [1.82, 2.24) is 5.32 Å². The quantitative estimate of drug-likeness (QED) is 0.817. The van der Waals surface area contributed by atoms with Crippen molar-refractivity contribution >= 4 is 9.84 Å². The van der Waals surface area contributed by atoms with Gasteiger partial charge in [0.05, 0.1) is 11.0 Å². The minimum Gasteiger partial charge on any atom is -0.312 e. The zero-order valence-electron chi connectivity index (χ0n) is 12.0. The summed E-state index contributed by atoms with van der Waals surface area (Å²) in [4.78, 5) is 0. The second kappa shape index (κ2) is 6.48. The number of hydrogen-bond donors (Lipinski definition) is 1. The van der Waals surface area contributed by atoms with Gasteiger partial charge in [-0.25, -0.2) is 12.8 Å². The van der Waals surface area contributed by atoms with Crippen LogP contribution in [0.2, 0.25) is 0 Å². The summed E-state index contributed by atoms with van der Waals surface area (Å²) in [5, 5.41) is 2.74. The van der Waals surface area contributed by atoms with Crippen LogP contribution in [-0.4, -0.2) is 26.0 Å². The molecule has 0 spiro atoms. The summed E-state index contributed by atoms with van der Waals surface area (Å²) < 4.78 is 36.7. The van der Waals surface area contributed by atoms with E-state index in [2.05, 4.69) is 5.32 Å². The van der Waals surface area contributed by atoms with E-state index in [-0.39, 0.29) is 16.8 Å². The predicted octanol–water partition coefficient (Wildman–Crippen LogP) is 2.36. The molecule has 0 saturated heterocycles. The van der Waals surface area contributed by atoms with Crippen molar-refractivity contribution in [1.29, 1.82) is 0 Å². The maximum Gasteiger partial charge on any atom is 0.153 e. The summed E-state index contributed by atoms with van der Waals surface area (Å²) in [5.41, 5.74) is 2.21. The van der Waals surface area contributed by atoms with Crippen LogP contribution in [0.3, 0.4) is 0 Å². The first kappa shape index (κ1) is 16.1. The van der Waals surface area contributed by atoms with E-state index in [0.29, 0.717) is 24.2 Å². The highest BCUT2D eigenvalue weighted by atomic mass is 32.2. The molecular weight excluding hydrogens is 265 g/mol. The van der Waals surface area contributed by atoms with Crippen molar-refractivity contribution in [2.45, 2.75) is 39.5 Å². The SMILES string of the molecule is Cc1cc(CNCCS(=O)(=O)C(C)C)cc(C)c1F. The molecule has 0 bridgehead atoms. The lowest BCUT2D eigenvalue weighted by Crippen LogP contribution is -2.27. The van der Waals surface area contributed by atoms with Gasteiger partial charge in [0.1, 0.15) is 5.82 Å². The fraction of sp³-hybridized carbons (Fsp3) is 0.571. The van der Waals surface area contributed by atoms with Crippen molar-refractivity contribution in [3.63, 3.8) is 0 Å². The normalized spacial score (nSPS) is 12.1. The van der Waals surface area contributed by atoms with E-state index in [1.165, 1.54) is 0 Å². The van der Waals surface area contributed by atoms with E-state index in [0.717, 1.165) is 5.56 Å². The molecule has 0 radical (unpaired) electrons. The first-order valence-corrected chi connectivity index (χ1v) is 8.13. The number of hydrogen-bond acceptors (Lipinski definition) is 3. The highest BCUT2D eigenvalue weighted by Gasteiger charge is 2.14. The van der Waals surface area contributed by atoms with E-state index >= 15 is 0 Å². The van der Waals surface area contributed by atoms with Crippen molar-refractivity contribution in [3.05, 3.63) is 34.6 Å². The molecule has 0 atom stereocenters. The Labute approximate surface area is 115 Å². The van der Waals surface area contributed by atoms with Crippen LogP contribution in [0.1, 0.15) is 30.5 Å². The molecule has 108 valence electrons. The third-order valence-electron chi connectivity index (χ3n) is 3.11. The van der Waals surface area contributed by atoms with Gasteiger partial charge in [0.15, 0.2) is 9.84 Å². The van der Waals surface area contributed by atoms with Crippen molar-refractivity contribution in [2.75, 3.05) is 12.3 Å². The Balaban J connectivity index is 2.51. The summed E-state index contributed by atoms with van der Waals surface area (Å²) in [5.74, 6) is -0.0461. The third-order valence-corrected chi connectivity index (χ3v) is 5.32. The van der Waals surface area contributed by atoms with Crippen LogP contribution in [0.4, 0.5) is 4.39 Å². The molecule has 1 aromatic carbocycles. The Kier molecular flexibility index (Phi) is 5.50. The van der Waals surface area contributed by atoms with Crippen molar-refractivity contribution in [3.8, 4) is 0 Å². The van der Waals surface area contributed by atoms with Crippen LogP contribution < -0.4 is 5.32 Å². The Morgan fingerprint density at radius 2 is 1.74 bits per heavy atom. The second-order valence-electron chi connectivity index (χ2n) is 5.14. The number of rotatable bonds is 6. The number of nitrogens with one attached hydrogen (secondary N) is 1. The van der Waals surface area contributed by atoms with E-state index < -0.39 is 9.84 Å². The van der Waals surface area contributed by atoms with Crippen LogP contribution in [0.25, 0.3) is 0 Å². The fourth-order valence-corrected chi connectivity index (χ4v) is 2.72. The summed E-state index contributed by atoms with van der Waals surface area (Å²) in [7, 11) is -3.00. The van der Waals surface area contributed by atoms with Crippen LogP contribution >= 0.6 is 0 Å². The number of sulfone groups is 1. The summed E-state index contributed by atoms with van der Waals surface area (Å²) in [6, 6.07) is 3.57. The van der Waals surface area contributed by atoms with Gasteiger partial charge in [0.2, 0.25) is 0 Å². The fourth-order valence-electron chi connectivity index (χ4n) is 1.82. The molecule has 0 heterocycles. The first-order valence-electron chi connectivity index (χ1n) is 6.42. The second-order valence-corrected chi connectivity index (χ2v) is 7.81. The molecule has 19 heavy (non-hydrogen) atoms. The summed E-state index contributed by atoms with van der Waals surface area (Å²) in [6.45, 7) is 7.79. The Bertz CT molecular complexity index is 515. The van der Waals surface area contributed by atoms with Gasteiger partial charge in [-0.05, 0) is 44.4 Å². The van der Waals surface area contributed by atoms with Gasteiger partial charge in [-0.15, -0.1) is 0 Å². The largest absolute Gasteiger partial charge is 0.312 e. The van der Waals surface area contributed by atoms with E-state index in [9.17, 15) is 12.8 Å². The maximum absolute atomic E-state index is 13.4. The zero-order valence-corrected chi connectivity index (χ0v) is 12.8. The summed E-state index contributed by atoms with van der Waals surface area (Å²) >= 11 is 0. The minimum atomic E-state index is -3.00. The monoisotopic (exact) mass is 287 g/mol. The lowest BCUT2D eigenvalue weighted by atomic mass is 10.1. The standard InChI is InChI=1S/C14H22FNO2S/c1-10(2)19(17,18)6-5-16-9-13-7-11(3)14(15)12(4)8-13/h7-8,10,16H,5-6,9H2,1-4H3. The van der Waals surface area contributed by atoms with Gasteiger partial charge in [0.25, 0.3) is 0 Å². The number of halogens is 1. The van der Waals surface area contributed by atoms with Gasteiger partial charge >= 0.3 is 0 Å². The molecule has 1 rings (SSSR count). The lowest BCUT2D eigenvalue weighted by Gasteiger charge is -2.10. The van der Waals surface area contributed by atoms with Gasteiger partial charge in [-0.2, -0.15) is 0 Å². The number of aryl methyl sites for hydroxylation is 2. The Morgan fingerprint density at radius 3 is 2.21 bits per heavy atom. The zero-order chi connectivity index (χ0) is 14.6. The van der Waals surface area contributed by atoms with Crippen LogP contribution in [0.15, 0.2) is 12.1 Å². The highest BCUT2D eigenvalue weighted by Crippen LogP contribution is 2.14. The van der Waals surface area contributed by atoms with Crippen LogP contribution in [-0.2, 0) is 16.4 Å². The molecule has 3 nitrogen and oxygen atoms in total. The maximum atomic E-state index is 13.4. The molecule has 5 heteroatoms. The van der Waals surface area contributed by atoms with Gasteiger partial charge < -0.3 is 5.32 Å². The first-order chi connectivity index (χ1) is 8.74.